The Morgan fingerprint density at radius 1 is 1.23 bits per heavy atom. The van der Waals surface area contributed by atoms with Gasteiger partial charge in [-0.2, -0.15) is 0 Å². The molecule has 8 heteroatoms. The summed E-state index contributed by atoms with van der Waals surface area (Å²) in [5.74, 6) is -4.04. The second kappa shape index (κ2) is 5.69. The van der Waals surface area contributed by atoms with E-state index in [9.17, 15) is 19.5 Å². The van der Waals surface area contributed by atoms with Crippen LogP contribution in [0.5, 0.6) is 0 Å². The molecule has 0 radical (unpaired) electrons. The van der Waals surface area contributed by atoms with Crippen LogP contribution in [0.15, 0.2) is 11.4 Å². The minimum atomic E-state index is -1.28. The molecule has 0 unspecified atom stereocenters. The molecule has 3 rings (SSSR count). The van der Waals surface area contributed by atoms with Gasteiger partial charge in [0.25, 0.3) is 5.91 Å². The summed E-state index contributed by atoms with van der Waals surface area (Å²) in [7, 11) is 0. The van der Waals surface area contributed by atoms with Crippen LogP contribution in [0.1, 0.15) is 28.1 Å². The van der Waals surface area contributed by atoms with Gasteiger partial charge >= 0.3 is 0 Å². The molecule has 2 aliphatic rings. The molecule has 118 valence electrons. The Morgan fingerprint density at radius 2 is 1.91 bits per heavy atom. The van der Waals surface area contributed by atoms with Crippen molar-refractivity contribution in [1.82, 2.24) is 10.9 Å². The summed E-state index contributed by atoms with van der Waals surface area (Å²) >= 11 is 1.27. The second-order valence-electron chi connectivity index (χ2n) is 5.54. The molecular formula is C14H15N2O5S-. The Labute approximate surface area is 130 Å². The summed E-state index contributed by atoms with van der Waals surface area (Å²) in [5, 5.41) is 13.0. The molecule has 2 bridgehead atoms. The minimum absolute atomic E-state index is 0.421. The Balaban J connectivity index is 1.63. The smallest absolute Gasteiger partial charge is 0.280 e. The van der Waals surface area contributed by atoms with Crippen LogP contribution in [0, 0.1) is 18.8 Å². The second-order valence-corrected chi connectivity index (χ2v) is 6.45. The minimum Gasteiger partial charge on any atom is -0.550 e. The fourth-order valence-corrected chi connectivity index (χ4v) is 3.99. The fourth-order valence-electron chi connectivity index (χ4n) is 3.17. The van der Waals surface area contributed by atoms with Gasteiger partial charge in [-0.1, -0.05) is 0 Å². The molecule has 2 fully saturated rings. The van der Waals surface area contributed by atoms with Gasteiger partial charge in [0.05, 0.1) is 23.0 Å². The van der Waals surface area contributed by atoms with E-state index < -0.39 is 41.8 Å². The molecule has 1 aromatic rings. The summed E-state index contributed by atoms with van der Waals surface area (Å²) in [4.78, 5) is 35.9. The van der Waals surface area contributed by atoms with Gasteiger partial charge in [-0.25, -0.2) is 0 Å². The summed E-state index contributed by atoms with van der Waals surface area (Å²) in [6, 6.07) is 1.80. The van der Waals surface area contributed by atoms with E-state index in [1.54, 1.807) is 18.4 Å². The monoisotopic (exact) mass is 323 g/mol. The average molecular weight is 323 g/mol. The van der Waals surface area contributed by atoms with Gasteiger partial charge in [-0.05, 0) is 36.8 Å². The fraction of sp³-hybridized carbons (Fsp3) is 0.500. The molecule has 2 amide bonds. The predicted molar refractivity (Wildman–Crippen MR) is 74.5 cm³/mol. The van der Waals surface area contributed by atoms with Crippen molar-refractivity contribution < 1.29 is 24.2 Å². The molecule has 0 saturated carbocycles. The van der Waals surface area contributed by atoms with Gasteiger partial charge in [0, 0.05) is 11.9 Å². The zero-order valence-electron chi connectivity index (χ0n) is 11.8. The number of aliphatic carboxylic acids is 1. The molecule has 0 spiro atoms. The van der Waals surface area contributed by atoms with Crippen LogP contribution in [-0.4, -0.2) is 30.0 Å². The van der Waals surface area contributed by atoms with Crippen LogP contribution in [0.3, 0.4) is 0 Å². The maximum absolute atomic E-state index is 12.2. The van der Waals surface area contributed by atoms with Gasteiger partial charge < -0.3 is 14.6 Å². The zero-order chi connectivity index (χ0) is 15.9. The number of carboxylic acids is 1. The number of amides is 2. The third-order valence-corrected chi connectivity index (χ3v) is 5.23. The first-order chi connectivity index (χ1) is 10.5. The number of aryl methyl sites for hydroxylation is 1. The van der Waals surface area contributed by atoms with Crippen LogP contribution in [0.4, 0.5) is 0 Å². The number of ether oxygens (including phenoxy) is 1. The standard InChI is InChI=1S/C14H16N2O5S/c1-6-4-5-22-11(6)13(18)16-15-12(17)9-7-2-3-8(21-7)10(9)14(19)20/h4-5,7-10H,2-3H2,1H3,(H,15,17)(H,16,18)(H,19,20)/p-1/t7-,8+,9-,10-/m0/s1. The molecule has 22 heavy (non-hydrogen) atoms. The Hall–Kier alpha value is -1.93. The van der Waals surface area contributed by atoms with Crippen LogP contribution in [-0.2, 0) is 14.3 Å². The quantitative estimate of drug-likeness (QED) is 0.720. The van der Waals surface area contributed by atoms with Crippen molar-refractivity contribution in [3.05, 3.63) is 21.9 Å². The first-order valence-electron chi connectivity index (χ1n) is 6.99. The number of rotatable bonds is 3. The van der Waals surface area contributed by atoms with Gasteiger partial charge in [-0.15, -0.1) is 11.3 Å². The van der Waals surface area contributed by atoms with E-state index in [-0.39, 0.29) is 0 Å². The number of hydrogen-bond donors (Lipinski definition) is 2. The highest BCUT2D eigenvalue weighted by molar-refractivity contribution is 7.12. The van der Waals surface area contributed by atoms with E-state index in [4.69, 9.17) is 4.74 Å². The Morgan fingerprint density at radius 3 is 2.50 bits per heavy atom. The van der Waals surface area contributed by atoms with E-state index in [1.807, 2.05) is 0 Å². The number of carbonyl (C=O) groups is 3. The van der Waals surface area contributed by atoms with Gasteiger partial charge in [0.1, 0.15) is 0 Å². The molecule has 7 nitrogen and oxygen atoms in total. The van der Waals surface area contributed by atoms with E-state index >= 15 is 0 Å². The molecular weight excluding hydrogens is 308 g/mol. The lowest BCUT2D eigenvalue weighted by Crippen LogP contribution is -2.52. The van der Waals surface area contributed by atoms with Crippen LogP contribution >= 0.6 is 11.3 Å². The highest BCUT2D eigenvalue weighted by Crippen LogP contribution is 2.43. The molecule has 0 aromatic carbocycles. The number of carboxylic acid groups (broad SMARTS) is 1. The zero-order valence-corrected chi connectivity index (χ0v) is 12.6. The van der Waals surface area contributed by atoms with Crippen LogP contribution in [0.2, 0.25) is 0 Å². The van der Waals surface area contributed by atoms with Crippen molar-refractivity contribution in [1.29, 1.82) is 0 Å². The third kappa shape index (κ3) is 2.48. The third-order valence-electron chi connectivity index (χ3n) is 4.22. The summed E-state index contributed by atoms with van der Waals surface area (Å²) < 4.78 is 5.49. The highest BCUT2D eigenvalue weighted by Gasteiger charge is 2.52. The number of hydrazine groups is 1. The topological polar surface area (TPSA) is 108 Å². The van der Waals surface area contributed by atoms with Crippen molar-refractivity contribution in [3.8, 4) is 0 Å². The first-order valence-corrected chi connectivity index (χ1v) is 7.87. The van der Waals surface area contributed by atoms with E-state index in [1.165, 1.54) is 11.3 Å². The van der Waals surface area contributed by atoms with E-state index in [2.05, 4.69) is 10.9 Å². The lowest BCUT2D eigenvalue weighted by molar-refractivity contribution is -0.314. The summed E-state index contributed by atoms with van der Waals surface area (Å²) in [6.45, 7) is 1.79. The SMILES string of the molecule is Cc1ccsc1C(=O)NNC(=O)[C@@H]1[C@@H](C(=O)[O-])[C@H]2CC[C@@H]1O2. The molecule has 2 saturated heterocycles. The van der Waals surface area contributed by atoms with Crippen molar-refractivity contribution in [3.63, 3.8) is 0 Å². The number of nitrogens with one attached hydrogen (secondary N) is 2. The number of fused-ring (bicyclic) bond motifs is 2. The highest BCUT2D eigenvalue weighted by atomic mass is 32.1. The molecule has 4 atom stereocenters. The molecule has 0 aliphatic carbocycles. The maximum Gasteiger partial charge on any atom is 0.280 e. The average Bonchev–Trinajstić information content (AvgIpc) is 3.18. The van der Waals surface area contributed by atoms with Crippen molar-refractivity contribution in [2.45, 2.75) is 32.0 Å². The molecule has 1 aromatic heterocycles. The predicted octanol–water partition coefficient (Wildman–Crippen LogP) is -0.639. The number of thiophene rings is 1. The lowest BCUT2D eigenvalue weighted by atomic mass is 9.79. The normalized spacial score (nSPS) is 29.3. The maximum atomic E-state index is 12.2. The Bertz CT molecular complexity index is 629. The van der Waals surface area contributed by atoms with E-state index in [0.29, 0.717) is 17.7 Å². The van der Waals surface area contributed by atoms with Crippen LogP contribution in [0.25, 0.3) is 0 Å². The Kier molecular flexibility index (Phi) is 3.88. The van der Waals surface area contributed by atoms with Gasteiger partial charge in [0.15, 0.2) is 0 Å². The lowest BCUT2D eigenvalue weighted by Gasteiger charge is -2.27. The number of carbonyl (C=O) groups excluding carboxylic acids is 3. The van der Waals surface area contributed by atoms with E-state index in [0.717, 1.165) is 5.56 Å². The van der Waals surface area contributed by atoms with Crippen molar-refractivity contribution >= 4 is 29.1 Å². The largest absolute Gasteiger partial charge is 0.550 e. The molecule has 3 heterocycles. The first kappa shape index (κ1) is 15.0. The van der Waals surface area contributed by atoms with Gasteiger partial charge in [-0.3, -0.25) is 20.4 Å². The van der Waals surface area contributed by atoms with Gasteiger partial charge in [0.2, 0.25) is 5.91 Å². The summed E-state index contributed by atoms with van der Waals surface area (Å²) in [5.41, 5.74) is 5.44. The van der Waals surface area contributed by atoms with Crippen LogP contribution < -0.4 is 16.0 Å². The summed E-state index contributed by atoms with van der Waals surface area (Å²) in [6.07, 6.45) is 0.368. The van der Waals surface area contributed by atoms with Crippen molar-refractivity contribution in [2.24, 2.45) is 11.8 Å². The van der Waals surface area contributed by atoms with Crippen molar-refractivity contribution in [2.75, 3.05) is 0 Å². The number of hydrogen-bond acceptors (Lipinski definition) is 6. The molecule has 2 N–H and O–H groups in total. The molecule has 2 aliphatic heterocycles.